The Kier molecular flexibility index (Phi) is 6.97. The molecule has 0 bridgehead atoms. The molecule has 0 heterocycles. The fraction of sp³-hybridized carbons (Fsp3) is 0.0345. The molecule has 0 amide bonds. The fourth-order valence-electron chi connectivity index (χ4n) is 3.12. The third-order valence-electron chi connectivity index (χ3n) is 4.73. The normalized spacial score (nSPS) is 11.8. The number of allylic oxidation sites excluding steroid dienone is 7. The van der Waals surface area contributed by atoms with Crippen LogP contribution < -0.4 is 0 Å². The zero-order valence-electron chi connectivity index (χ0n) is 16.9. The molecular weight excluding hydrogens is 348 g/mol. The van der Waals surface area contributed by atoms with Crippen LogP contribution in [-0.2, 0) is 0 Å². The van der Waals surface area contributed by atoms with Gasteiger partial charge in [0.2, 0.25) is 0 Å². The average molecular weight is 375 g/mol. The van der Waals surface area contributed by atoms with Crippen LogP contribution in [0.25, 0.3) is 28.3 Å². The van der Waals surface area contributed by atoms with Crippen molar-refractivity contribution >= 4 is 17.2 Å². The van der Waals surface area contributed by atoms with E-state index in [-0.39, 0.29) is 0 Å². The van der Waals surface area contributed by atoms with E-state index in [9.17, 15) is 0 Å². The zero-order chi connectivity index (χ0) is 20.5. The van der Waals surface area contributed by atoms with E-state index in [2.05, 4.69) is 92.0 Å². The third-order valence-corrected chi connectivity index (χ3v) is 4.73. The monoisotopic (exact) mass is 374 g/mol. The maximum absolute atomic E-state index is 4.25. The Morgan fingerprint density at radius 2 is 1.45 bits per heavy atom. The number of rotatable bonds is 7. The highest BCUT2D eigenvalue weighted by Crippen LogP contribution is 2.27. The van der Waals surface area contributed by atoms with E-state index < -0.39 is 0 Å². The maximum atomic E-state index is 4.25. The molecule has 0 nitrogen and oxygen atoms in total. The topological polar surface area (TPSA) is 0 Å². The summed E-state index contributed by atoms with van der Waals surface area (Å²) >= 11 is 0. The molecule has 0 saturated carbocycles. The molecule has 142 valence electrons. The van der Waals surface area contributed by atoms with Gasteiger partial charge in [-0.3, -0.25) is 0 Å². The summed E-state index contributed by atoms with van der Waals surface area (Å²) < 4.78 is 0. The van der Waals surface area contributed by atoms with Crippen molar-refractivity contribution in [2.45, 2.75) is 6.92 Å². The highest BCUT2D eigenvalue weighted by molar-refractivity contribution is 5.82. The van der Waals surface area contributed by atoms with Crippen LogP contribution in [0.1, 0.15) is 23.6 Å². The molecule has 0 aromatic heterocycles. The summed E-state index contributed by atoms with van der Waals surface area (Å²) in [4.78, 5) is 0. The quantitative estimate of drug-likeness (QED) is 0.365. The van der Waals surface area contributed by atoms with Crippen LogP contribution in [0.3, 0.4) is 0 Å². The van der Waals surface area contributed by atoms with Gasteiger partial charge in [0, 0.05) is 0 Å². The van der Waals surface area contributed by atoms with Crippen LogP contribution in [0.4, 0.5) is 0 Å². The van der Waals surface area contributed by atoms with Crippen LogP contribution in [-0.4, -0.2) is 0 Å². The fourth-order valence-corrected chi connectivity index (χ4v) is 3.12. The Morgan fingerprint density at radius 3 is 2.10 bits per heavy atom. The van der Waals surface area contributed by atoms with Crippen molar-refractivity contribution in [1.29, 1.82) is 0 Å². The molecule has 3 aromatic carbocycles. The molecule has 3 aromatic rings. The second-order valence-corrected chi connectivity index (χ2v) is 6.78. The Balaban J connectivity index is 1.88. The molecule has 0 saturated heterocycles. The number of hydrogen-bond donors (Lipinski definition) is 0. The standard InChI is InChI=1S/C29H26/c1-4-6-14-25(5-2)27-16-11-18-29(22-27)28-17-10-15-26(21-28)23(3)19-20-24-12-8-7-9-13-24/h4-22H,2-3H2,1H3/b6-4-,20-19+,25-14+. The van der Waals surface area contributed by atoms with Crippen molar-refractivity contribution in [1.82, 2.24) is 0 Å². The summed E-state index contributed by atoms with van der Waals surface area (Å²) in [6.07, 6.45) is 12.2. The van der Waals surface area contributed by atoms with E-state index in [1.54, 1.807) is 0 Å². The minimum absolute atomic E-state index is 0.992. The Labute approximate surface area is 174 Å². The van der Waals surface area contributed by atoms with Crippen molar-refractivity contribution in [3.05, 3.63) is 139 Å². The second kappa shape index (κ2) is 10.1. The lowest BCUT2D eigenvalue weighted by molar-refractivity contribution is 1.56. The lowest BCUT2D eigenvalue weighted by atomic mass is 9.96. The van der Waals surface area contributed by atoms with Crippen molar-refractivity contribution in [2.75, 3.05) is 0 Å². The molecule has 0 unspecified atom stereocenters. The molecule has 0 aliphatic carbocycles. The summed E-state index contributed by atoms with van der Waals surface area (Å²) in [5.41, 5.74) is 7.90. The zero-order valence-corrected chi connectivity index (χ0v) is 16.9. The third kappa shape index (κ3) is 5.43. The molecule has 0 atom stereocenters. The van der Waals surface area contributed by atoms with Gasteiger partial charge >= 0.3 is 0 Å². The van der Waals surface area contributed by atoms with Crippen LogP contribution in [0.15, 0.2) is 122 Å². The number of hydrogen-bond acceptors (Lipinski definition) is 0. The van der Waals surface area contributed by atoms with Crippen molar-refractivity contribution in [2.24, 2.45) is 0 Å². The Morgan fingerprint density at radius 1 is 0.793 bits per heavy atom. The highest BCUT2D eigenvalue weighted by atomic mass is 14.1. The number of benzene rings is 3. The molecule has 0 fully saturated rings. The minimum atomic E-state index is 0.992. The Hall–Kier alpha value is -3.64. The van der Waals surface area contributed by atoms with Gasteiger partial charge in [-0.2, -0.15) is 0 Å². The van der Waals surface area contributed by atoms with Crippen LogP contribution in [0.5, 0.6) is 0 Å². The van der Waals surface area contributed by atoms with Crippen molar-refractivity contribution < 1.29 is 0 Å². The maximum Gasteiger partial charge on any atom is -0.0178 e. The first kappa shape index (κ1) is 20.1. The van der Waals surface area contributed by atoms with Crippen LogP contribution >= 0.6 is 0 Å². The highest BCUT2D eigenvalue weighted by Gasteiger charge is 2.04. The predicted molar refractivity (Wildman–Crippen MR) is 129 cm³/mol. The summed E-state index contributed by atoms with van der Waals surface area (Å²) in [6, 6.07) is 27.4. The predicted octanol–water partition coefficient (Wildman–Crippen LogP) is 8.23. The molecule has 0 aliphatic rings. The summed E-state index contributed by atoms with van der Waals surface area (Å²) in [5.74, 6) is 0. The first-order chi connectivity index (χ1) is 14.2. The van der Waals surface area contributed by atoms with Crippen molar-refractivity contribution in [3.63, 3.8) is 0 Å². The average Bonchev–Trinajstić information content (AvgIpc) is 2.79. The molecule has 0 heteroatoms. The van der Waals surface area contributed by atoms with Gasteiger partial charge < -0.3 is 0 Å². The Bertz CT molecular complexity index is 1080. The second-order valence-electron chi connectivity index (χ2n) is 6.78. The van der Waals surface area contributed by atoms with E-state index in [1.807, 2.05) is 43.4 Å². The van der Waals surface area contributed by atoms with Crippen LogP contribution in [0, 0.1) is 0 Å². The smallest absolute Gasteiger partial charge is 0.0178 e. The van der Waals surface area contributed by atoms with Crippen LogP contribution in [0.2, 0.25) is 0 Å². The van der Waals surface area contributed by atoms with Gasteiger partial charge in [0.1, 0.15) is 0 Å². The first-order valence-corrected chi connectivity index (χ1v) is 9.80. The molecular formula is C29H26. The lowest BCUT2D eigenvalue weighted by Crippen LogP contribution is -1.86. The van der Waals surface area contributed by atoms with Gasteiger partial charge in [-0.25, -0.2) is 0 Å². The first-order valence-electron chi connectivity index (χ1n) is 9.80. The molecule has 29 heavy (non-hydrogen) atoms. The van der Waals surface area contributed by atoms with Gasteiger partial charge in [-0.1, -0.05) is 116 Å². The molecule has 3 rings (SSSR count). The van der Waals surface area contributed by atoms with Gasteiger partial charge in [0.15, 0.2) is 0 Å². The van der Waals surface area contributed by atoms with Gasteiger partial charge in [-0.05, 0) is 58.0 Å². The van der Waals surface area contributed by atoms with E-state index in [0.29, 0.717) is 0 Å². The van der Waals surface area contributed by atoms with E-state index in [4.69, 9.17) is 0 Å². The summed E-state index contributed by atoms with van der Waals surface area (Å²) in [7, 11) is 0. The van der Waals surface area contributed by atoms with Gasteiger partial charge in [0.25, 0.3) is 0 Å². The molecule has 0 spiro atoms. The van der Waals surface area contributed by atoms with Crippen molar-refractivity contribution in [3.8, 4) is 11.1 Å². The van der Waals surface area contributed by atoms with E-state index in [1.165, 1.54) is 16.7 Å². The van der Waals surface area contributed by atoms with Gasteiger partial charge in [0.05, 0.1) is 0 Å². The summed E-state index contributed by atoms with van der Waals surface area (Å²) in [5, 5.41) is 0. The molecule has 0 N–H and O–H groups in total. The molecule has 0 aliphatic heterocycles. The lowest BCUT2D eigenvalue weighted by Gasteiger charge is -2.09. The SMILES string of the molecule is C=C/C(=C\C=C/C)c1cccc(-c2cccc(C(=C)/C=C/c3ccccc3)c2)c1. The van der Waals surface area contributed by atoms with E-state index in [0.717, 1.165) is 22.3 Å². The molecule has 0 radical (unpaired) electrons. The van der Waals surface area contributed by atoms with E-state index >= 15 is 0 Å². The minimum Gasteiger partial charge on any atom is -0.0984 e. The van der Waals surface area contributed by atoms with Gasteiger partial charge in [-0.15, -0.1) is 0 Å². The summed E-state index contributed by atoms with van der Waals surface area (Å²) in [6.45, 7) is 10.2. The largest absolute Gasteiger partial charge is 0.0984 e.